The van der Waals surface area contributed by atoms with Crippen molar-refractivity contribution in [2.45, 2.75) is 44.9 Å². The Morgan fingerprint density at radius 2 is 1.81 bits per heavy atom. The van der Waals surface area contributed by atoms with Crippen molar-refractivity contribution in [3.8, 4) is 34.8 Å². The number of hydrogen-bond acceptors (Lipinski definition) is 10. The number of fused-ring (bicyclic) bond motifs is 1. The normalized spacial score (nSPS) is 13.7. The van der Waals surface area contributed by atoms with Gasteiger partial charge in [0.1, 0.15) is 23.1 Å². The highest BCUT2D eigenvalue weighted by Crippen LogP contribution is 2.45. The van der Waals surface area contributed by atoms with Crippen molar-refractivity contribution in [3.05, 3.63) is 93.4 Å². The third kappa shape index (κ3) is 7.54. The Bertz CT molecular complexity index is 1550. The zero-order chi connectivity index (χ0) is 30.8. The number of carbonyl (C=O) groups is 1. The number of carbonyl (C=O) groups excluding carboxylic acids is 1. The molecule has 224 valence electrons. The highest BCUT2D eigenvalue weighted by Gasteiger charge is 2.32. The first-order valence-corrected chi connectivity index (χ1v) is 13.9. The number of ether oxygens (including phenoxy) is 5. The molecule has 2 N–H and O–H groups in total. The maximum atomic E-state index is 12.5. The number of nitrogens with two attached hydrogens (primary N) is 1. The maximum absolute atomic E-state index is 12.5. The number of para-hydroxylation sites is 2. The lowest BCUT2D eigenvalue weighted by molar-refractivity contribution is -0.385. The molecule has 0 saturated heterocycles. The van der Waals surface area contributed by atoms with E-state index in [1.165, 1.54) is 43.5 Å². The summed E-state index contributed by atoms with van der Waals surface area (Å²) in [6.07, 6.45) is 5.61. The number of unbranched alkanes of at least 4 members (excludes halogenated alkanes) is 4. The van der Waals surface area contributed by atoms with Gasteiger partial charge in [0.2, 0.25) is 5.88 Å². The SMILES string of the molecule is CCCCCCCOc1ccc(C2C(C#N)=C(N)Oc3cc(OC(=O)COc4ccccc4[N+](=O)[O-])ccc32)cc1OC. The molecule has 1 heterocycles. The number of allylic oxidation sites excluding steroid dienone is 1. The molecule has 3 aromatic carbocycles. The van der Waals surface area contributed by atoms with Gasteiger partial charge in [-0.3, -0.25) is 10.1 Å². The van der Waals surface area contributed by atoms with Crippen molar-refractivity contribution < 1.29 is 33.4 Å². The predicted octanol–water partition coefficient (Wildman–Crippen LogP) is 6.16. The van der Waals surface area contributed by atoms with E-state index in [0.717, 1.165) is 18.4 Å². The number of benzene rings is 3. The predicted molar refractivity (Wildman–Crippen MR) is 157 cm³/mol. The van der Waals surface area contributed by atoms with E-state index in [4.69, 9.17) is 29.4 Å². The van der Waals surface area contributed by atoms with E-state index in [2.05, 4.69) is 13.0 Å². The number of nitro groups is 1. The van der Waals surface area contributed by atoms with Gasteiger partial charge in [0.05, 0.1) is 24.6 Å². The molecule has 0 fully saturated rings. The lowest BCUT2D eigenvalue weighted by Gasteiger charge is -2.27. The fourth-order valence-electron chi connectivity index (χ4n) is 4.74. The van der Waals surface area contributed by atoms with Crippen LogP contribution in [0.3, 0.4) is 0 Å². The van der Waals surface area contributed by atoms with Crippen LogP contribution in [0.5, 0.6) is 28.7 Å². The van der Waals surface area contributed by atoms with Gasteiger partial charge in [0.25, 0.3) is 0 Å². The first kappa shape index (κ1) is 30.7. The molecule has 4 rings (SSSR count). The van der Waals surface area contributed by atoms with Crippen molar-refractivity contribution in [1.29, 1.82) is 5.26 Å². The van der Waals surface area contributed by atoms with Crippen molar-refractivity contribution in [2.75, 3.05) is 20.3 Å². The molecule has 3 aromatic rings. The van der Waals surface area contributed by atoms with Gasteiger partial charge in [0.15, 0.2) is 23.9 Å². The van der Waals surface area contributed by atoms with Crippen molar-refractivity contribution >= 4 is 11.7 Å². The first-order valence-electron chi connectivity index (χ1n) is 13.9. The molecule has 1 unspecified atom stereocenters. The molecule has 0 bridgehead atoms. The molecule has 0 aromatic heterocycles. The lowest BCUT2D eigenvalue weighted by atomic mass is 9.83. The maximum Gasteiger partial charge on any atom is 0.349 e. The second-order valence-corrected chi connectivity index (χ2v) is 9.78. The molecule has 0 spiro atoms. The van der Waals surface area contributed by atoms with Crippen LogP contribution in [0.15, 0.2) is 72.1 Å². The highest BCUT2D eigenvalue weighted by atomic mass is 16.6. The second-order valence-electron chi connectivity index (χ2n) is 9.78. The number of methoxy groups -OCH3 is 1. The van der Waals surface area contributed by atoms with Crippen LogP contribution in [0.1, 0.15) is 56.1 Å². The lowest BCUT2D eigenvalue weighted by Crippen LogP contribution is -2.22. The summed E-state index contributed by atoms with van der Waals surface area (Å²) in [4.78, 5) is 23.0. The van der Waals surface area contributed by atoms with Crippen molar-refractivity contribution in [2.24, 2.45) is 5.73 Å². The summed E-state index contributed by atoms with van der Waals surface area (Å²) in [6, 6.07) is 18.1. The third-order valence-electron chi connectivity index (χ3n) is 6.86. The molecule has 43 heavy (non-hydrogen) atoms. The van der Waals surface area contributed by atoms with Crippen LogP contribution in [0.25, 0.3) is 0 Å². The average molecular weight is 588 g/mol. The summed E-state index contributed by atoms with van der Waals surface area (Å²) in [7, 11) is 1.56. The summed E-state index contributed by atoms with van der Waals surface area (Å²) in [5, 5.41) is 21.1. The molecule has 1 atom stereocenters. The van der Waals surface area contributed by atoms with Gasteiger partial charge in [-0.05, 0) is 36.2 Å². The molecule has 1 aliphatic heterocycles. The topological polar surface area (TPSA) is 156 Å². The average Bonchev–Trinajstić information content (AvgIpc) is 3.01. The van der Waals surface area contributed by atoms with E-state index in [1.807, 2.05) is 18.2 Å². The number of nitro benzene ring substituents is 1. The minimum atomic E-state index is -0.780. The number of nitrogens with zero attached hydrogens (tertiary/aromatic N) is 2. The quantitative estimate of drug-likeness (QED) is 0.0762. The molecular weight excluding hydrogens is 554 g/mol. The Morgan fingerprint density at radius 1 is 1.02 bits per heavy atom. The zero-order valence-corrected chi connectivity index (χ0v) is 24.0. The summed E-state index contributed by atoms with van der Waals surface area (Å²) in [6.45, 7) is 2.19. The van der Waals surface area contributed by atoms with Gasteiger partial charge < -0.3 is 29.4 Å². The Labute approximate surface area is 249 Å². The largest absolute Gasteiger partial charge is 0.493 e. The zero-order valence-electron chi connectivity index (χ0n) is 24.0. The van der Waals surface area contributed by atoms with Gasteiger partial charge in [-0.25, -0.2) is 4.79 Å². The van der Waals surface area contributed by atoms with E-state index < -0.39 is 23.4 Å². The van der Waals surface area contributed by atoms with Gasteiger partial charge in [-0.1, -0.05) is 56.9 Å². The Hall–Kier alpha value is -5.24. The minimum absolute atomic E-state index is 0.0539. The Morgan fingerprint density at radius 3 is 2.56 bits per heavy atom. The second kappa shape index (κ2) is 14.6. The van der Waals surface area contributed by atoms with Crippen LogP contribution in [-0.4, -0.2) is 31.2 Å². The van der Waals surface area contributed by atoms with Crippen LogP contribution >= 0.6 is 0 Å². The number of nitriles is 1. The van der Waals surface area contributed by atoms with Gasteiger partial charge in [0, 0.05) is 17.7 Å². The van der Waals surface area contributed by atoms with Gasteiger partial charge in [-0.15, -0.1) is 0 Å². The summed E-state index contributed by atoms with van der Waals surface area (Å²) < 4.78 is 28.0. The fraction of sp³-hybridized carbons (Fsp3) is 0.312. The number of rotatable bonds is 14. The Balaban J connectivity index is 1.50. The molecule has 11 nitrogen and oxygen atoms in total. The minimum Gasteiger partial charge on any atom is -0.493 e. The molecule has 11 heteroatoms. The van der Waals surface area contributed by atoms with Crippen LogP contribution in [-0.2, 0) is 4.79 Å². The first-order chi connectivity index (χ1) is 20.9. The number of hydrogen-bond donors (Lipinski definition) is 1. The van der Waals surface area contributed by atoms with E-state index in [1.54, 1.807) is 25.3 Å². The molecule has 1 aliphatic rings. The van der Waals surface area contributed by atoms with E-state index in [9.17, 15) is 20.2 Å². The third-order valence-corrected chi connectivity index (χ3v) is 6.86. The fourth-order valence-corrected chi connectivity index (χ4v) is 4.74. The van der Waals surface area contributed by atoms with Crippen LogP contribution in [0.2, 0.25) is 0 Å². The van der Waals surface area contributed by atoms with Gasteiger partial charge >= 0.3 is 11.7 Å². The van der Waals surface area contributed by atoms with E-state index >= 15 is 0 Å². The standard InChI is InChI=1S/C32H33N3O8/c1-3-4-5-6-9-16-40-27-15-12-21(17-29(27)39-2)31-23-14-13-22(18-28(23)43-32(34)24(31)19-33)42-30(36)20-41-26-11-8-7-10-25(26)35(37)38/h7-8,10-15,17-18,31H,3-6,9,16,20,34H2,1-2H3. The highest BCUT2D eigenvalue weighted by molar-refractivity contribution is 5.74. The van der Waals surface area contributed by atoms with Gasteiger partial charge in [-0.2, -0.15) is 5.26 Å². The van der Waals surface area contributed by atoms with Crippen LogP contribution in [0.4, 0.5) is 5.69 Å². The monoisotopic (exact) mass is 587 g/mol. The summed E-state index contributed by atoms with van der Waals surface area (Å²) in [5.74, 6) is 0.0973. The summed E-state index contributed by atoms with van der Waals surface area (Å²) >= 11 is 0. The molecule has 0 amide bonds. The van der Waals surface area contributed by atoms with Crippen molar-refractivity contribution in [1.82, 2.24) is 0 Å². The van der Waals surface area contributed by atoms with Crippen molar-refractivity contribution in [3.63, 3.8) is 0 Å². The van der Waals surface area contributed by atoms with Crippen LogP contribution in [0, 0.1) is 21.4 Å². The van der Waals surface area contributed by atoms with E-state index in [-0.39, 0.29) is 28.6 Å². The molecule has 0 aliphatic carbocycles. The Kier molecular flexibility index (Phi) is 10.4. The van der Waals surface area contributed by atoms with E-state index in [0.29, 0.717) is 29.4 Å². The molecule has 0 saturated carbocycles. The molecular formula is C32H33N3O8. The number of esters is 1. The summed E-state index contributed by atoms with van der Waals surface area (Å²) in [5.41, 5.74) is 7.47. The molecule has 0 radical (unpaired) electrons. The smallest absolute Gasteiger partial charge is 0.349 e. The van der Waals surface area contributed by atoms with Crippen LogP contribution < -0.4 is 29.4 Å².